The lowest BCUT2D eigenvalue weighted by Gasteiger charge is -2.35. The number of carbonyl (C=O) groups is 1. The van der Waals surface area contributed by atoms with Crippen LogP contribution in [-0.2, 0) is 4.79 Å². The maximum atomic E-state index is 13.5. The molecule has 5 rings (SSSR count). The predicted octanol–water partition coefficient (Wildman–Crippen LogP) is 3.72. The third-order valence-corrected chi connectivity index (χ3v) is 6.14. The number of benzene rings is 2. The van der Waals surface area contributed by atoms with Crippen molar-refractivity contribution in [2.24, 2.45) is 0 Å². The minimum atomic E-state index is -0.293. The van der Waals surface area contributed by atoms with Crippen LogP contribution in [0, 0.1) is 0 Å². The quantitative estimate of drug-likeness (QED) is 0.657. The van der Waals surface area contributed by atoms with Gasteiger partial charge in [0.2, 0.25) is 11.7 Å². The molecule has 8 nitrogen and oxygen atoms in total. The molecule has 0 bridgehead atoms. The van der Waals surface area contributed by atoms with Crippen LogP contribution in [0.3, 0.4) is 0 Å². The molecule has 1 aromatic heterocycles. The number of allylic oxidation sites excluding steroid dienone is 2. The average molecular weight is 432 g/mol. The molecule has 0 spiro atoms. The zero-order valence-corrected chi connectivity index (χ0v) is 18.2. The first kappa shape index (κ1) is 20.1. The number of carbonyl (C=O) groups excluding carboxylic acids is 1. The largest absolute Gasteiger partial charge is 0.493 e. The smallest absolute Gasteiger partial charge is 0.226 e. The van der Waals surface area contributed by atoms with E-state index < -0.39 is 0 Å². The lowest BCUT2D eigenvalue weighted by Crippen LogP contribution is -2.33. The Bertz CT molecular complexity index is 1180. The summed E-state index contributed by atoms with van der Waals surface area (Å²) in [5.41, 5.74) is 3.60. The molecule has 0 radical (unpaired) electrons. The van der Waals surface area contributed by atoms with E-state index in [0.29, 0.717) is 36.0 Å². The van der Waals surface area contributed by atoms with E-state index in [0.717, 1.165) is 22.4 Å². The summed E-state index contributed by atoms with van der Waals surface area (Å²) in [6, 6.07) is 13.5. The number of methoxy groups -OCH3 is 3. The number of aromatic nitrogens is 3. The van der Waals surface area contributed by atoms with Crippen molar-refractivity contribution in [3.63, 3.8) is 0 Å². The van der Waals surface area contributed by atoms with E-state index in [-0.39, 0.29) is 17.7 Å². The van der Waals surface area contributed by atoms with Gasteiger partial charge in [0.25, 0.3) is 0 Å². The van der Waals surface area contributed by atoms with Crippen LogP contribution < -0.4 is 19.5 Å². The maximum absolute atomic E-state index is 13.5. The molecular weight excluding hydrogens is 408 g/mol. The standard InChI is InChI=1S/C24H24N4O4/c1-30-19-11-16(12-20(31-2)23(19)32-3)15-9-17-21(18(29)10-15)22(14-7-5-4-6-8-14)28-24(27-17)25-13-26-28/h4-8,11-13,15,22H,9-10H2,1-3H3,(H,25,26,27)/t15-,22+/m0/s1. The van der Waals surface area contributed by atoms with Crippen LogP contribution >= 0.6 is 0 Å². The van der Waals surface area contributed by atoms with Crippen LogP contribution in [0.25, 0.3) is 0 Å². The summed E-state index contributed by atoms with van der Waals surface area (Å²) in [5.74, 6) is 2.38. The van der Waals surface area contributed by atoms with Crippen LogP contribution in [0.2, 0.25) is 0 Å². The van der Waals surface area contributed by atoms with Crippen molar-refractivity contribution in [3.8, 4) is 17.2 Å². The number of ether oxygens (including phenoxy) is 3. The first-order chi connectivity index (χ1) is 15.6. The highest BCUT2D eigenvalue weighted by molar-refractivity contribution is 6.00. The van der Waals surface area contributed by atoms with Crippen molar-refractivity contribution in [1.82, 2.24) is 14.8 Å². The molecule has 0 amide bonds. The summed E-state index contributed by atoms with van der Waals surface area (Å²) < 4.78 is 18.3. The Balaban J connectivity index is 1.57. The Kier molecular flexibility index (Phi) is 5.05. The van der Waals surface area contributed by atoms with Crippen LogP contribution in [0.1, 0.15) is 35.9 Å². The third-order valence-electron chi connectivity index (χ3n) is 6.14. The summed E-state index contributed by atoms with van der Waals surface area (Å²) in [6.45, 7) is 0. The van der Waals surface area contributed by atoms with Gasteiger partial charge in [0.1, 0.15) is 12.4 Å². The van der Waals surface area contributed by atoms with Gasteiger partial charge in [-0.05, 0) is 35.6 Å². The summed E-state index contributed by atoms with van der Waals surface area (Å²) in [5, 5.41) is 7.74. The third kappa shape index (κ3) is 3.19. The Morgan fingerprint density at radius 2 is 1.69 bits per heavy atom. The van der Waals surface area contributed by atoms with Crippen LogP contribution in [0.4, 0.5) is 5.95 Å². The predicted molar refractivity (Wildman–Crippen MR) is 118 cm³/mol. The van der Waals surface area contributed by atoms with Crippen LogP contribution in [0.5, 0.6) is 17.2 Å². The fourth-order valence-corrected chi connectivity index (χ4v) is 4.67. The van der Waals surface area contributed by atoms with Crippen molar-refractivity contribution in [1.29, 1.82) is 0 Å². The molecule has 164 valence electrons. The Labute approximate surface area is 185 Å². The molecule has 0 fully saturated rings. The summed E-state index contributed by atoms with van der Waals surface area (Å²) >= 11 is 0. The monoisotopic (exact) mass is 432 g/mol. The molecule has 2 aromatic carbocycles. The number of anilines is 1. The number of Topliss-reactive ketones (excluding diaryl/α,β-unsaturated/α-hetero) is 1. The zero-order valence-electron chi connectivity index (χ0n) is 18.2. The molecule has 8 heteroatoms. The fourth-order valence-electron chi connectivity index (χ4n) is 4.67. The van der Waals surface area contributed by atoms with E-state index >= 15 is 0 Å². The SMILES string of the molecule is COc1cc([C@@H]2CC(=O)C3=C(C2)Nc2ncnn2[C@@H]3c2ccccc2)cc(OC)c1OC. The number of nitrogens with one attached hydrogen (secondary N) is 1. The molecule has 2 atom stereocenters. The first-order valence-corrected chi connectivity index (χ1v) is 10.4. The van der Waals surface area contributed by atoms with E-state index in [4.69, 9.17) is 14.2 Å². The van der Waals surface area contributed by atoms with Gasteiger partial charge >= 0.3 is 0 Å². The van der Waals surface area contributed by atoms with E-state index in [1.54, 1.807) is 26.0 Å². The summed E-state index contributed by atoms with van der Waals surface area (Å²) in [6.07, 6.45) is 2.56. The molecular formula is C24H24N4O4. The van der Waals surface area contributed by atoms with Gasteiger partial charge in [0.15, 0.2) is 17.3 Å². The molecule has 3 aromatic rings. The van der Waals surface area contributed by atoms with Crippen molar-refractivity contribution in [3.05, 3.63) is 71.2 Å². The second kappa shape index (κ2) is 8.03. The second-order valence-electron chi connectivity index (χ2n) is 7.85. The molecule has 2 heterocycles. The first-order valence-electron chi connectivity index (χ1n) is 10.4. The Morgan fingerprint density at radius 1 is 0.969 bits per heavy atom. The van der Waals surface area contributed by atoms with Crippen molar-refractivity contribution >= 4 is 11.7 Å². The maximum Gasteiger partial charge on any atom is 0.226 e. The van der Waals surface area contributed by atoms with Crippen molar-refractivity contribution in [2.75, 3.05) is 26.6 Å². The van der Waals surface area contributed by atoms with Gasteiger partial charge in [-0.1, -0.05) is 30.3 Å². The Morgan fingerprint density at radius 3 is 2.34 bits per heavy atom. The van der Waals surface area contributed by atoms with Crippen molar-refractivity contribution in [2.45, 2.75) is 24.8 Å². The molecule has 2 aliphatic rings. The number of nitrogens with zero attached hydrogens (tertiary/aromatic N) is 3. The molecule has 0 unspecified atom stereocenters. The highest BCUT2D eigenvalue weighted by Gasteiger charge is 2.39. The van der Waals surface area contributed by atoms with Gasteiger partial charge in [0, 0.05) is 17.7 Å². The summed E-state index contributed by atoms with van der Waals surface area (Å²) in [4.78, 5) is 17.9. The van der Waals surface area contributed by atoms with Gasteiger partial charge < -0.3 is 19.5 Å². The van der Waals surface area contributed by atoms with Gasteiger partial charge in [0.05, 0.1) is 21.3 Å². The van der Waals surface area contributed by atoms with Gasteiger partial charge in [-0.15, -0.1) is 0 Å². The molecule has 1 aliphatic heterocycles. The van der Waals surface area contributed by atoms with E-state index in [1.807, 2.05) is 42.5 Å². The number of fused-ring (bicyclic) bond motifs is 1. The lowest BCUT2D eigenvalue weighted by atomic mass is 9.78. The summed E-state index contributed by atoms with van der Waals surface area (Å²) in [7, 11) is 4.76. The van der Waals surface area contributed by atoms with Crippen molar-refractivity contribution < 1.29 is 19.0 Å². The average Bonchev–Trinajstić information content (AvgIpc) is 3.30. The van der Waals surface area contributed by atoms with E-state index in [9.17, 15) is 4.79 Å². The highest BCUT2D eigenvalue weighted by Crippen LogP contribution is 2.46. The minimum Gasteiger partial charge on any atom is -0.493 e. The molecule has 0 saturated heterocycles. The molecule has 32 heavy (non-hydrogen) atoms. The number of hydrogen-bond donors (Lipinski definition) is 1. The lowest BCUT2D eigenvalue weighted by molar-refractivity contribution is -0.116. The van der Waals surface area contributed by atoms with E-state index in [1.165, 1.54) is 6.33 Å². The van der Waals surface area contributed by atoms with Gasteiger partial charge in [-0.25, -0.2) is 4.68 Å². The Hall–Kier alpha value is -3.81. The zero-order chi connectivity index (χ0) is 22.2. The molecule has 1 N–H and O–H groups in total. The van der Waals surface area contributed by atoms with Gasteiger partial charge in [-0.3, -0.25) is 4.79 Å². The van der Waals surface area contributed by atoms with Crippen LogP contribution in [-0.4, -0.2) is 41.9 Å². The molecule has 1 aliphatic carbocycles. The minimum absolute atomic E-state index is 0.0339. The normalized spacial score (nSPS) is 19.7. The van der Waals surface area contributed by atoms with Crippen LogP contribution in [0.15, 0.2) is 60.1 Å². The topological polar surface area (TPSA) is 87.5 Å². The van der Waals surface area contributed by atoms with Gasteiger partial charge in [-0.2, -0.15) is 10.1 Å². The number of rotatable bonds is 5. The number of hydrogen-bond acceptors (Lipinski definition) is 7. The highest BCUT2D eigenvalue weighted by atomic mass is 16.5. The van der Waals surface area contributed by atoms with E-state index in [2.05, 4.69) is 15.4 Å². The molecule has 0 saturated carbocycles. The number of ketones is 1. The second-order valence-corrected chi connectivity index (χ2v) is 7.85. The fraction of sp³-hybridized carbons (Fsp3) is 0.292.